The Morgan fingerprint density at radius 3 is 0.927 bits per heavy atom. The lowest BCUT2D eigenvalue weighted by molar-refractivity contribution is 0.0721. The minimum absolute atomic E-state index is 0.0281. The number of benzene rings is 18. The van der Waals surface area contributed by atoms with E-state index in [4.69, 9.17) is 61.6 Å². The highest BCUT2D eigenvalue weighted by Crippen LogP contribution is 2.53. The van der Waals surface area contributed by atoms with Gasteiger partial charge in [0.15, 0.2) is 0 Å². The van der Waals surface area contributed by atoms with Gasteiger partial charge in [-0.15, -0.1) is 0 Å². The maximum absolute atomic E-state index is 13.6. The third-order valence-electron chi connectivity index (χ3n) is 23.4. The number of aliphatic hydroxyl groups excluding tert-OH is 1. The molecule has 0 saturated heterocycles. The van der Waals surface area contributed by atoms with Gasteiger partial charge in [-0.05, 0) is 230 Å². The molecular weight excluding hydrogens is 1730 g/mol. The SMILES string of the molecule is COc1ccc(-c2ccc(C(=O)Oc3cccc4c3-c3c(cccc3OC(=O)c3ccc(-c5ccc(CO)cc5)cc3)OCCCO4)cc2)cc1.C[C@@H]1COc2cccc(OC(=O)c3ccc4ccccc4c3)c2-c2c(OC(=O)c3ccc4ccccc4c3)cccc2O1.C[C@@H]1COc2cccc(OC(=O)c3cccc4ccccc34)c2-c2c(OC(=O)c3cccc4ccccc34)cccc2O1. The van der Waals surface area contributed by atoms with Crippen molar-refractivity contribution in [3.05, 3.63) is 415 Å². The Hall–Kier alpha value is -17.6. The van der Waals surface area contributed by atoms with Crippen molar-refractivity contribution in [1.82, 2.24) is 0 Å². The number of aliphatic hydroxyl groups is 1. The molecule has 2 atom stereocenters. The van der Waals surface area contributed by atoms with Gasteiger partial charge in [-0.25, -0.2) is 28.8 Å². The van der Waals surface area contributed by atoms with Crippen LogP contribution in [0.3, 0.4) is 0 Å². The zero-order valence-electron chi connectivity index (χ0n) is 74.4. The second kappa shape index (κ2) is 40.2. The lowest BCUT2D eigenvalue weighted by Gasteiger charge is -2.26. The summed E-state index contributed by atoms with van der Waals surface area (Å²) in [7, 11) is 1.62. The van der Waals surface area contributed by atoms with E-state index in [-0.39, 0.29) is 66.5 Å². The van der Waals surface area contributed by atoms with Crippen molar-refractivity contribution in [2.24, 2.45) is 0 Å². The van der Waals surface area contributed by atoms with Gasteiger partial charge in [0.05, 0.1) is 93.7 Å². The van der Waals surface area contributed by atoms with Crippen molar-refractivity contribution in [3.63, 3.8) is 0 Å². The van der Waals surface area contributed by atoms with Crippen molar-refractivity contribution in [3.8, 4) is 130 Å². The van der Waals surface area contributed by atoms with E-state index in [1.54, 1.807) is 177 Å². The van der Waals surface area contributed by atoms with E-state index in [0.717, 1.165) is 76.7 Å². The van der Waals surface area contributed by atoms with Crippen LogP contribution in [-0.4, -0.2) is 86.7 Å². The van der Waals surface area contributed by atoms with E-state index in [1.807, 2.05) is 220 Å². The highest BCUT2D eigenvalue weighted by atomic mass is 16.6. The molecule has 18 aromatic carbocycles. The molecule has 674 valence electrons. The molecule has 0 bridgehead atoms. The van der Waals surface area contributed by atoms with E-state index in [9.17, 15) is 33.9 Å². The Bertz CT molecular complexity index is 7470. The molecule has 1 N–H and O–H groups in total. The molecule has 0 spiro atoms. The van der Waals surface area contributed by atoms with Gasteiger partial charge in [-0.2, -0.15) is 0 Å². The molecule has 0 unspecified atom stereocenters. The van der Waals surface area contributed by atoms with Crippen molar-refractivity contribution in [2.75, 3.05) is 33.5 Å². The molecule has 20 nitrogen and oxygen atoms in total. The van der Waals surface area contributed by atoms with Crippen LogP contribution in [0.15, 0.2) is 376 Å². The van der Waals surface area contributed by atoms with E-state index in [2.05, 4.69) is 0 Å². The summed E-state index contributed by atoms with van der Waals surface area (Å²) in [6, 6.07) is 114. The Morgan fingerprint density at radius 1 is 0.277 bits per heavy atom. The van der Waals surface area contributed by atoms with Gasteiger partial charge in [0.25, 0.3) is 0 Å². The number of carbonyl (C=O) groups excluding carboxylic acids is 6. The van der Waals surface area contributed by atoms with Crippen LogP contribution in [0.1, 0.15) is 88.0 Å². The topological polar surface area (TPSA) is 243 Å². The zero-order valence-corrected chi connectivity index (χ0v) is 74.4. The minimum Gasteiger partial charge on any atom is -0.497 e. The fourth-order valence-corrected chi connectivity index (χ4v) is 16.6. The van der Waals surface area contributed by atoms with Gasteiger partial charge in [0.1, 0.15) is 100 Å². The van der Waals surface area contributed by atoms with Crippen LogP contribution in [-0.2, 0) is 6.61 Å². The number of hydrogen-bond acceptors (Lipinski definition) is 20. The average molecular weight is 1810 g/mol. The summed E-state index contributed by atoms with van der Waals surface area (Å²) in [6.45, 7) is 5.05. The molecule has 18 aromatic rings. The number of esters is 6. The normalized spacial score (nSPS) is 13.2. The second-order valence-corrected chi connectivity index (χ2v) is 32.6. The Kier molecular flexibility index (Phi) is 26.0. The molecule has 0 amide bonds. The summed E-state index contributed by atoms with van der Waals surface area (Å²) in [5, 5.41) is 16.7. The van der Waals surface area contributed by atoms with Crippen LogP contribution in [0.5, 0.6) is 74.7 Å². The first-order valence-corrected chi connectivity index (χ1v) is 44.6. The van der Waals surface area contributed by atoms with Gasteiger partial charge in [-0.3, -0.25) is 0 Å². The highest BCUT2D eigenvalue weighted by Gasteiger charge is 2.33. The first-order valence-electron chi connectivity index (χ1n) is 44.6. The van der Waals surface area contributed by atoms with Crippen molar-refractivity contribution >= 4 is 78.9 Å². The third-order valence-corrected chi connectivity index (χ3v) is 23.4. The first kappa shape index (κ1) is 88.6. The van der Waals surface area contributed by atoms with Crippen LogP contribution >= 0.6 is 0 Å². The van der Waals surface area contributed by atoms with Crippen LogP contribution in [0.4, 0.5) is 0 Å². The zero-order chi connectivity index (χ0) is 93.8. The Balaban J connectivity index is 0.000000132. The number of ether oxygens (including phenoxy) is 13. The standard InChI is InChI=1S/C43H34O8.2C37H26O6/c1-47-35-23-21-32(22-24-35)31-15-19-34(20-16-31)43(46)51-39-8-3-6-37-41(39)40-36(48-25-4-26-49-37)5-2-7-38(40)50-42(45)33-17-13-30(14-18-33)29-11-9-28(27-44)10-12-29;1-23-22-40-30-18-8-20-32(42-36(38)28-16-6-12-24-10-2-4-14-26(24)28)34(30)35-31(41-23)19-9-21-33(35)43-37(39)29-17-7-13-25-11-3-5-15-27(25)29;1-23-22-40-30-12-6-14-32(42-36(38)28-18-16-24-8-2-4-10-26(24)20-28)34(30)35-31(41-23)13-7-15-33(35)43-37(39)29-19-17-25-9-3-5-11-27(25)21-29/h2-3,5-24,44H,4,25-27H2,1H3;2*2-21,23H,22H2,1H3/t;2*23-/m.11/s1. The summed E-state index contributed by atoms with van der Waals surface area (Å²) in [4.78, 5) is 81.3. The summed E-state index contributed by atoms with van der Waals surface area (Å²) in [5.41, 5.74) is 9.70. The lowest BCUT2D eigenvalue weighted by Crippen LogP contribution is -2.23. The lowest BCUT2D eigenvalue weighted by atomic mass is 9.99. The minimum atomic E-state index is -0.570. The summed E-state index contributed by atoms with van der Waals surface area (Å²) in [5.74, 6) is 1.84. The molecule has 21 rings (SSSR count). The molecular formula is C117H86O20. The fraction of sp³-hybridized carbons (Fsp3) is 0.0940. The molecule has 3 heterocycles. The van der Waals surface area contributed by atoms with Crippen molar-refractivity contribution in [1.29, 1.82) is 0 Å². The number of carbonyl (C=O) groups is 6. The van der Waals surface area contributed by atoms with Crippen LogP contribution < -0.4 is 61.6 Å². The molecule has 0 aromatic heterocycles. The quantitative estimate of drug-likeness (QED) is 0.0698. The number of rotatable bonds is 16. The molecule has 137 heavy (non-hydrogen) atoms. The van der Waals surface area contributed by atoms with Crippen LogP contribution in [0, 0.1) is 0 Å². The van der Waals surface area contributed by atoms with Crippen LogP contribution in [0.2, 0.25) is 0 Å². The molecule has 0 aliphatic carbocycles. The largest absolute Gasteiger partial charge is 0.497 e. The summed E-state index contributed by atoms with van der Waals surface area (Å²) >= 11 is 0. The molecule has 3 aliphatic rings. The molecule has 0 saturated carbocycles. The molecule has 3 aliphatic heterocycles. The fourth-order valence-electron chi connectivity index (χ4n) is 16.6. The van der Waals surface area contributed by atoms with Gasteiger partial charge >= 0.3 is 35.8 Å². The maximum atomic E-state index is 13.6. The second-order valence-electron chi connectivity index (χ2n) is 32.6. The molecule has 20 heteroatoms. The van der Waals surface area contributed by atoms with Crippen LogP contribution in [0.25, 0.3) is 98.7 Å². The van der Waals surface area contributed by atoms with Crippen molar-refractivity contribution in [2.45, 2.75) is 39.1 Å². The molecule has 0 radical (unpaired) electrons. The summed E-state index contributed by atoms with van der Waals surface area (Å²) in [6.07, 6.45) is 0.0302. The Labute approximate surface area is 787 Å². The maximum Gasteiger partial charge on any atom is 0.344 e. The third kappa shape index (κ3) is 19.6. The van der Waals surface area contributed by atoms with E-state index in [0.29, 0.717) is 121 Å². The van der Waals surface area contributed by atoms with Gasteiger partial charge in [0, 0.05) is 6.42 Å². The highest BCUT2D eigenvalue weighted by molar-refractivity contribution is 6.08. The summed E-state index contributed by atoms with van der Waals surface area (Å²) < 4.78 is 78.5. The van der Waals surface area contributed by atoms with Gasteiger partial charge in [0.2, 0.25) is 0 Å². The van der Waals surface area contributed by atoms with E-state index < -0.39 is 35.8 Å². The predicted octanol–water partition coefficient (Wildman–Crippen LogP) is 25.3. The number of hydrogen-bond donors (Lipinski definition) is 1. The van der Waals surface area contributed by atoms with Gasteiger partial charge in [-0.1, -0.05) is 231 Å². The van der Waals surface area contributed by atoms with Crippen molar-refractivity contribution < 1.29 is 95.5 Å². The van der Waals surface area contributed by atoms with E-state index in [1.165, 1.54) is 0 Å². The molecule has 0 fully saturated rings. The Morgan fingerprint density at radius 2 is 0.562 bits per heavy atom. The number of fused-ring (bicyclic) bond motifs is 13. The smallest absolute Gasteiger partial charge is 0.344 e. The van der Waals surface area contributed by atoms with Gasteiger partial charge < -0.3 is 66.7 Å². The van der Waals surface area contributed by atoms with E-state index >= 15 is 0 Å². The first-order chi connectivity index (χ1) is 67.1. The number of methoxy groups -OCH3 is 1. The monoisotopic (exact) mass is 1810 g/mol. The predicted molar refractivity (Wildman–Crippen MR) is 524 cm³/mol. The average Bonchev–Trinajstić information content (AvgIpc) is 1.68.